The zero-order valence-electron chi connectivity index (χ0n) is 13.0. The second-order valence-electron chi connectivity index (χ2n) is 5.66. The van der Waals surface area contributed by atoms with Crippen molar-refractivity contribution in [2.75, 3.05) is 13.1 Å². The summed E-state index contributed by atoms with van der Waals surface area (Å²) >= 11 is 0. The quantitative estimate of drug-likeness (QED) is 0.775. The van der Waals surface area contributed by atoms with Crippen LogP contribution in [0.15, 0.2) is 0 Å². The van der Waals surface area contributed by atoms with E-state index in [1.165, 1.54) is 0 Å². The molecule has 0 spiro atoms. The van der Waals surface area contributed by atoms with Gasteiger partial charge in [-0.15, -0.1) is 0 Å². The number of carbonyl (C=O) groups is 2. The molecule has 0 aliphatic rings. The minimum absolute atomic E-state index is 0.0206. The minimum atomic E-state index is -0.876. The van der Waals surface area contributed by atoms with E-state index in [0.717, 1.165) is 0 Å². The van der Waals surface area contributed by atoms with Crippen LogP contribution in [0.5, 0.6) is 0 Å². The molecule has 0 radical (unpaired) electrons. The SMILES string of the molecule is CCN(C(=O)N(CC(C)C)C(C)C)C(C)CC(=O)O. The van der Waals surface area contributed by atoms with Gasteiger partial charge in [0.05, 0.1) is 6.42 Å². The van der Waals surface area contributed by atoms with E-state index in [-0.39, 0.29) is 24.5 Å². The summed E-state index contributed by atoms with van der Waals surface area (Å²) in [6.45, 7) is 13.0. The summed E-state index contributed by atoms with van der Waals surface area (Å²) in [5.74, 6) is -0.487. The summed E-state index contributed by atoms with van der Waals surface area (Å²) in [6.07, 6.45) is -0.0206. The molecule has 0 heterocycles. The predicted octanol–water partition coefficient (Wildman–Crippen LogP) is 2.66. The molecule has 2 amide bonds. The molecule has 0 aromatic rings. The van der Waals surface area contributed by atoms with Crippen molar-refractivity contribution >= 4 is 12.0 Å². The zero-order chi connectivity index (χ0) is 15.2. The van der Waals surface area contributed by atoms with Crippen LogP contribution in [0.25, 0.3) is 0 Å². The van der Waals surface area contributed by atoms with Gasteiger partial charge in [0.25, 0.3) is 0 Å². The third-order valence-corrected chi connectivity index (χ3v) is 3.02. The molecule has 5 heteroatoms. The van der Waals surface area contributed by atoms with Gasteiger partial charge in [-0.3, -0.25) is 4.79 Å². The number of nitrogens with zero attached hydrogens (tertiary/aromatic N) is 2. The molecule has 0 fully saturated rings. The van der Waals surface area contributed by atoms with Crippen molar-refractivity contribution in [3.8, 4) is 0 Å². The van der Waals surface area contributed by atoms with Crippen molar-refractivity contribution in [2.45, 2.75) is 60.0 Å². The van der Waals surface area contributed by atoms with E-state index in [9.17, 15) is 9.59 Å². The van der Waals surface area contributed by atoms with Crippen molar-refractivity contribution in [1.29, 1.82) is 0 Å². The molecule has 1 N–H and O–H groups in total. The van der Waals surface area contributed by atoms with E-state index in [4.69, 9.17) is 5.11 Å². The van der Waals surface area contributed by atoms with Gasteiger partial charge in [-0.1, -0.05) is 13.8 Å². The standard InChI is InChI=1S/C14H28N2O3/c1-7-15(12(6)8-13(17)18)14(19)16(11(4)5)9-10(2)3/h10-12H,7-9H2,1-6H3,(H,17,18). The smallest absolute Gasteiger partial charge is 0.320 e. The van der Waals surface area contributed by atoms with Gasteiger partial charge in [0.1, 0.15) is 0 Å². The minimum Gasteiger partial charge on any atom is -0.481 e. The highest BCUT2D eigenvalue weighted by Crippen LogP contribution is 2.13. The van der Waals surface area contributed by atoms with Gasteiger partial charge >= 0.3 is 12.0 Å². The first-order valence-corrected chi connectivity index (χ1v) is 6.99. The van der Waals surface area contributed by atoms with Gasteiger partial charge in [0, 0.05) is 25.2 Å². The van der Waals surface area contributed by atoms with Gasteiger partial charge in [-0.2, -0.15) is 0 Å². The van der Waals surface area contributed by atoms with Crippen molar-refractivity contribution in [3.63, 3.8) is 0 Å². The second-order valence-corrected chi connectivity index (χ2v) is 5.66. The number of carboxylic acids is 1. The maximum Gasteiger partial charge on any atom is 0.320 e. The number of aliphatic carboxylic acids is 1. The summed E-state index contributed by atoms with van der Waals surface area (Å²) in [5.41, 5.74) is 0. The Hall–Kier alpha value is -1.26. The number of amides is 2. The number of carbonyl (C=O) groups excluding carboxylic acids is 1. The molecule has 1 unspecified atom stereocenters. The molecule has 0 saturated carbocycles. The molecule has 0 saturated heterocycles. The molecule has 0 aliphatic heterocycles. The Labute approximate surface area is 116 Å². The van der Waals surface area contributed by atoms with Gasteiger partial charge in [-0.25, -0.2) is 4.79 Å². The summed E-state index contributed by atoms with van der Waals surface area (Å²) in [7, 11) is 0. The Kier molecular flexibility index (Phi) is 7.49. The Bertz CT molecular complexity index is 303. The fraction of sp³-hybridized carbons (Fsp3) is 0.857. The van der Waals surface area contributed by atoms with Crippen molar-refractivity contribution in [1.82, 2.24) is 9.80 Å². The number of rotatable bonds is 7. The number of hydrogen-bond acceptors (Lipinski definition) is 2. The maximum absolute atomic E-state index is 12.5. The zero-order valence-corrected chi connectivity index (χ0v) is 13.0. The number of urea groups is 1. The molecule has 0 aromatic heterocycles. The van der Waals surface area contributed by atoms with E-state index in [1.807, 2.05) is 25.7 Å². The first-order chi connectivity index (χ1) is 8.70. The van der Waals surface area contributed by atoms with Crippen molar-refractivity contribution in [2.24, 2.45) is 5.92 Å². The first-order valence-electron chi connectivity index (χ1n) is 6.99. The first kappa shape index (κ1) is 17.7. The predicted molar refractivity (Wildman–Crippen MR) is 76.2 cm³/mol. The molecule has 19 heavy (non-hydrogen) atoms. The average molecular weight is 272 g/mol. The number of hydrogen-bond donors (Lipinski definition) is 1. The van der Waals surface area contributed by atoms with Gasteiger partial charge in [0.15, 0.2) is 0 Å². The average Bonchev–Trinajstić information content (AvgIpc) is 2.24. The van der Waals surface area contributed by atoms with Gasteiger partial charge in [0.2, 0.25) is 0 Å². The van der Waals surface area contributed by atoms with Crippen LogP contribution in [0, 0.1) is 5.92 Å². The van der Waals surface area contributed by atoms with Crippen LogP contribution in [0.1, 0.15) is 48.0 Å². The third kappa shape index (κ3) is 5.94. The highest BCUT2D eigenvalue weighted by molar-refractivity contribution is 5.76. The van der Waals surface area contributed by atoms with Crippen LogP contribution in [0.3, 0.4) is 0 Å². The molecule has 0 aromatic carbocycles. The van der Waals surface area contributed by atoms with E-state index in [2.05, 4.69) is 13.8 Å². The van der Waals surface area contributed by atoms with Gasteiger partial charge in [-0.05, 0) is 33.6 Å². The Morgan fingerprint density at radius 3 is 1.89 bits per heavy atom. The molecule has 112 valence electrons. The van der Waals surface area contributed by atoms with E-state index < -0.39 is 5.97 Å². The van der Waals surface area contributed by atoms with Crippen LogP contribution < -0.4 is 0 Å². The molecule has 0 aliphatic carbocycles. The van der Waals surface area contributed by atoms with Crippen molar-refractivity contribution in [3.05, 3.63) is 0 Å². The van der Waals surface area contributed by atoms with Crippen LogP contribution in [0.4, 0.5) is 4.79 Å². The molecule has 0 rings (SSSR count). The summed E-state index contributed by atoms with van der Waals surface area (Å²) in [6, 6.07) is -0.246. The lowest BCUT2D eigenvalue weighted by Crippen LogP contribution is -2.51. The highest BCUT2D eigenvalue weighted by atomic mass is 16.4. The van der Waals surface area contributed by atoms with Crippen LogP contribution >= 0.6 is 0 Å². The van der Waals surface area contributed by atoms with Crippen LogP contribution in [-0.4, -0.2) is 52.1 Å². The van der Waals surface area contributed by atoms with E-state index in [1.54, 1.807) is 11.8 Å². The molecular formula is C14H28N2O3. The molecule has 1 atom stereocenters. The van der Waals surface area contributed by atoms with Crippen LogP contribution in [-0.2, 0) is 4.79 Å². The Morgan fingerprint density at radius 1 is 1.05 bits per heavy atom. The molecule has 0 bridgehead atoms. The summed E-state index contributed by atoms with van der Waals surface area (Å²) in [5, 5.41) is 8.85. The Morgan fingerprint density at radius 2 is 1.58 bits per heavy atom. The molecular weight excluding hydrogens is 244 g/mol. The summed E-state index contributed by atoms with van der Waals surface area (Å²) in [4.78, 5) is 26.8. The second kappa shape index (κ2) is 8.02. The number of carboxylic acid groups (broad SMARTS) is 1. The van der Waals surface area contributed by atoms with E-state index in [0.29, 0.717) is 19.0 Å². The van der Waals surface area contributed by atoms with Crippen molar-refractivity contribution < 1.29 is 14.7 Å². The lowest BCUT2D eigenvalue weighted by molar-refractivity contribution is -0.138. The third-order valence-electron chi connectivity index (χ3n) is 3.02. The summed E-state index contributed by atoms with van der Waals surface area (Å²) < 4.78 is 0. The highest BCUT2D eigenvalue weighted by Gasteiger charge is 2.27. The van der Waals surface area contributed by atoms with E-state index >= 15 is 0 Å². The fourth-order valence-corrected chi connectivity index (χ4v) is 2.07. The molecule has 5 nitrogen and oxygen atoms in total. The maximum atomic E-state index is 12.5. The monoisotopic (exact) mass is 272 g/mol. The van der Waals surface area contributed by atoms with Gasteiger partial charge < -0.3 is 14.9 Å². The Balaban J connectivity index is 4.91. The lowest BCUT2D eigenvalue weighted by atomic mass is 10.1. The normalized spacial score (nSPS) is 12.6. The largest absolute Gasteiger partial charge is 0.481 e. The fourth-order valence-electron chi connectivity index (χ4n) is 2.07. The topological polar surface area (TPSA) is 60.9 Å². The van der Waals surface area contributed by atoms with Crippen LogP contribution in [0.2, 0.25) is 0 Å². The lowest BCUT2D eigenvalue weighted by Gasteiger charge is -2.36.